The van der Waals surface area contributed by atoms with Crippen molar-refractivity contribution in [1.82, 2.24) is 0 Å². The second-order valence-electron chi connectivity index (χ2n) is 4.41. The maximum Gasteiger partial charge on any atom is 0.146 e. The van der Waals surface area contributed by atoms with E-state index in [4.69, 9.17) is 18.9 Å². The minimum atomic E-state index is 0.481. The highest BCUT2D eigenvalue weighted by molar-refractivity contribution is 5.32. The van der Waals surface area contributed by atoms with Crippen LogP contribution in [0, 0.1) is 0 Å². The summed E-state index contributed by atoms with van der Waals surface area (Å²) in [6.07, 6.45) is 4.34. The molecule has 0 saturated carbocycles. The van der Waals surface area contributed by atoms with Crippen molar-refractivity contribution < 1.29 is 18.9 Å². The predicted molar refractivity (Wildman–Crippen MR) is 73.6 cm³/mol. The molecule has 4 nitrogen and oxygen atoms in total. The zero-order chi connectivity index (χ0) is 13.6. The molecule has 0 fully saturated rings. The van der Waals surface area contributed by atoms with Crippen LogP contribution in [0.3, 0.4) is 0 Å². The van der Waals surface area contributed by atoms with Crippen LogP contribution in [0.5, 0.6) is 11.5 Å². The molecule has 1 aliphatic heterocycles. The third kappa shape index (κ3) is 3.37. The maximum atomic E-state index is 5.66. The van der Waals surface area contributed by atoms with Crippen LogP contribution in [-0.4, -0.2) is 26.4 Å². The predicted octanol–water partition coefficient (Wildman–Crippen LogP) is 2.82. The topological polar surface area (TPSA) is 36.9 Å². The second-order valence-corrected chi connectivity index (χ2v) is 4.41. The summed E-state index contributed by atoms with van der Waals surface area (Å²) >= 11 is 0. The van der Waals surface area contributed by atoms with E-state index in [-0.39, 0.29) is 0 Å². The molecular formula is C16H16O4. The Balaban J connectivity index is 1.70. The third-order valence-corrected chi connectivity index (χ3v) is 2.92. The van der Waals surface area contributed by atoms with Gasteiger partial charge in [-0.25, -0.2) is 0 Å². The molecule has 0 saturated heterocycles. The van der Waals surface area contributed by atoms with E-state index < -0.39 is 0 Å². The van der Waals surface area contributed by atoms with Crippen molar-refractivity contribution in [2.45, 2.75) is 6.42 Å². The molecule has 4 bridgehead atoms. The number of rotatable bonds is 0. The van der Waals surface area contributed by atoms with Crippen molar-refractivity contribution in [1.29, 1.82) is 0 Å². The van der Waals surface area contributed by atoms with Gasteiger partial charge in [-0.1, -0.05) is 11.8 Å². The summed E-state index contributed by atoms with van der Waals surface area (Å²) in [6.45, 7) is 1.95. The van der Waals surface area contributed by atoms with Crippen molar-refractivity contribution in [3.63, 3.8) is 0 Å². The number of benzene rings is 1. The van der Waals surface area contributed by atoms with Crippen LogP contribution in [0.25, 0.3) is 0 Å². The molecule has 1 aliphatic carbocycles. The Morgan fingerprint density at radius 3 is 2.35 bits per heavy atom. The lowest BCUT2D eigenvalue weighted by Crippen LogP contribution is -2.11. The van der Waals surface area contributed by atoms with Crippen LogP contribution in [0.1, 0.15) is 6.42 Å². The number of hydrogen-bond donors (Lipinski definition) is 0. The molecule has 1 aromatic carbocycles. The Morgan fingerprint density at radius 2 is 1.55 bits per heavy atom. The van der Waals surface area contributed by atoms with E-state index in [1.54, 1.807) is 0 Å². The molecule has 20 heavy (non-hydrogen) atoms. The average Bonchev–Trinajstić information content (AvgIpc) is 2.48. The van der Waals surface area contributed by atoms with Gasteiger partial charge in [-0.3, -0.25) is 0 Å². The molecule has 2 aliphatic rings. The molecule has 1 aromatic rings. The molecule has 0 amide bonds. The molecule has 0 spiro atoms. The molecule has 0 N–H and O–H groups in total. The van der Waals surface area contributed by atoms with Gasteiger partial charge in [0.15, 0.2) is 0 Å². The van der Waals surface area contributed by atoms with E-state index >= 15 is 0 Å². The van der Waals surface area contributed by atoms with Gasteiger partial charge in [0.25, 0.3) is 0 Å². The van der Waals surface area contributed by atoms with E-state index in [9.17, 15) is 0 Å². The third-order valence-electron chi connectivity index (χ3n) is 2.92. The van der Waals surface area contributed by atoms with Crippen LogP contribution < -0.4 is 9.47 Å². The van der Waals surface area contributed by atoms with Crippen molar-refractivity contribution in [3.8, 4) is 11.5 Å². The van der Waals surface area contributed by atoms with Gasteiger partial charge in [-0.15, -0.1) is 0 Å². The Labute approximate surface area is 117 Å². The van der Waals surface area contributed by atoms with Crippen molar-refractivity contribution in [2.75, 3.05) is 26.4 Å². The minimum absolute atomic E-state index is 0.481. The van der Waals surface area contributed by atoms with Crippen molar-refractivity contribution >= 4 is 0 Å². The van der Waals surface area contributed by atoms with Gasteiger partial charge in [0.1, 0.15) is 49.4 Å². The first-order valence-corrected chi connectivity index (χ1v) is 6.66. The lowest BCUT2D eigenvalue weighted by atomic mass is 10.2. The van der Waals surface area contributed by atoms with Crippen LogP contribution >= 0.6 is 0 Å². The van der Waals surface area contributed by atoms with E-state index in [1.165, 1.54) is 0 Å². The summed E-state index contributed by atoms with van der Waals surface area (Å²) in [6, 6.07) is 7.57. The van der Waals surface area contributed by atoms with E-state index in [1.807, 2.05) is 36.4 Å². The molecule has 4 heteroatoms. The second kappa shape index (κ2) is 6.22. The molecule has 0 radical (unpaired) electrons. The van der Waals surface area contributed by atoms with Crippen LogP contribution in [0.15, 0.2) is 53.7 Å². The SMILES string of the molecule is C1=CC=C2CC=1OCCOc1cccc(c1)OCCO2. The summed E-state index contributed by atoms with van der Waals surface area (Å²) in [5, 5.41) is 0. The van der Waals surface area contributed by atoms with Crippen LogP contribution in [0.4, 0.5) is 0 Å². The Kier molecular flexibility index (Phi) is 3.95. The van der Waals surface area contributed by atoms with Gasteiger partial charge in [0.05, 0.1) is 6.42 Å². The molecular weight excluding hydrogens is 256 g/mol. The smallest absolute Gasteiger partial charge is 0.146 e. The monoisotopic (exact) mass is 272 g/mol. The van der Waals surface area contributed by atoms with Gasteiger partial charge in [-0.05, 0) is 24.3 Å². The number of hydrogen-bond acceptors (Lipinski definition) is 4. The zero-order valence-electron chi connectivity index (χ0n) is 11.1. The summed E-state index contributed by atoms with van der Waals surface area (Å²) in [5.41, 5.74) is 3.06. The van der Waals surface area contributed by atoms with E-state index in [2.05, 4.69) is 5.73 Å². The van der Waals surface area contributed by atoms with Crippen molar-refractivity contribution in [3.05, 3.63) is 53.7 Å². The average molecular weight is 272 g/mol. The summed E-state index contributed by atoms with van der Waals surface area (Å²) < 4.78 is 22.5. The van der Waals surface area contributed by atoms with Gasteiger partial charge in [0.2, 0.25) is 0 Å². The van der Waals surface area contributed by atoms with Gasteiger partial charge >= 0.3 is 0 Å². The highest BCUT2D eigenvalue weighted by Crippen LogP contribution is 2.21. The van der Waals surface area contributed by atoms with Gasteiger partial charge < -0.3 is 18.9 Å². The van der Waals surface area contributed by atoms with Gasteiger partial charge in [0, 0.05) is 6.07 Å². The minimum Gasteiger partial charge on any atom is -0.494 e. The first kappa shape index (κ1) is 12.7. The fourth-order valence-corrected chi connectivity index (χ4v) is 2.00. The van der Waals surface area contributed by atoms with Gasteiger partial charge in [-0.2, -0.15) is 0 Å². The van der Waals surface area contributed by atoms with Crippen LogP contribution in [-0.2, 0) is 9.47 Å². The summed E-state index contributed by atoms with van der Waals surface area (Å²) in [5.74, 6) is 3.20. The summed E-state index contributed by atoms with van der Waals surface area (Å²) in [7, 11) is 0. The fourth-order valence-electron chi connectivity index (χ4n) is 2.00. The highest BCUT2D eigenvalue weighted by Gasteiger charge is 2.09. The summed E-state index contributed by atoms with van der Waals surface area (Å²) in [4.78, 5) is 0. The Bertz CT molecular complexity index is 568. The Hall–Kier alpha value is -2.32. The van der Waals surface area contributed by atoms with Crippen LogP contribution in [0.2, 0.25) is 0 Å². The lowest BCUT2D eigenvalue weighted by molar-refractivity contribution is 0.123. The molecule has 0 unspecified atom stereocenters. The largest absolute Gasteiger partial charge is 0.494 e. The van der Waals surface area contributed by atoms with Crippen molar-refractivity contribution in [2.24, 2.45) is 0 Å². The quantitative estimate of drug-likeness (QED) is 0.681. The molecule has 104 valence electrons. The Morgan fingerprint density at radius 1 is 0.850 bits per heavy atom. The first-order chi connectivity index (χ1) is 9.90. The zero-order valence-corrected chi connectivity index (χ0v) is 11.1. The fraction of sp³-hybridized carbons (Fsp3) is 0.312. The first-order valence-electron chi connectivity index (χ1n) is 6.66. The van der Waals surface area contributed by atoms with E-state index in [0.29, 0.717) is 32.8 Å². The highest BCUT2D eigenvalue weighted by atomic mass is 16.5. The molecule has 0 atom stereocenters. The molecule has 3 rings (SSSR count). The lowest BCUT2D eigenvalue weighted by Gasteiger charge is -2.16. The molecule has 0 aromatic heterocycles. The van der Waals surface area contributed by atoms with E-state index in [0.717, 1.165) is 23.0 Å². The number of fused-ring (bicyclic) bond motifs is 4. The number of ether oxygens (including phenoxy) is 4. The molecule has 1 heterocycles. The normalized spacial score (nSPS) is 18.2. The number of allylic oxidation sites excluding steroid dienone is 1. The standard InChI is InChI=1S/C16H16O4/c1-3-13-11-14(4-1)18-8-10-20-16-6-2-5-15(12-16)19-9-7-17-13/h1-5,11H,7-10,12H2. The maximum absolute atomic E-state index is 5.66.